The SMILES string of the molecule is C/C(=N\C=C(\NN)C(C)C)Oc1ccccc1F. The van der Waals surface area contributed by atoms with Crippen molar-refractivity contribution < 1.29 is 9.13 Å². The van der Waals surface area contributed by atoms with Gasteiger partial charge in [0.05, 0.1) is 6.20 Å². The van der Waals surface area contributed by atoms with Crippen LogP contribution in [0.15, 0.2) is 41.2 Å². The maximum Gasteiger partial charge on any atom is 0.191 e. The zero-order chi connectivity index (χ0) is 13.5. The largest absolute Gasteiger partial charge is 0.440 e. The van der Waals surface area contributed by atoms with E-state index in [-0.39, 0.29) is 11.7 Å². The lowest BCUT2D eigenvalue weighted by Gasteiger charge is -2.09. The Balaban J connectivity index is 2.77. The lowest BCUT2D eigenvalue weighted by molar-refractivity contribution is 0.488. The van der Waals surface area contributed by atoms with E-state index < -0.39 is 5.82 Å². The third-order valence-corrected chi connectivity index (χ3v) is 2.27. The molecule has 0 aliphatic rings. The normalized spacial score (nSPS) is 12.8. The van der Waals surface area contributed by atoms with E-state index in [1.54, 1.807) is 31.3 Å². The van der Waals surface area contributed by atoms with Crippen molar-refractivity contribution in [3.8, 4) is 5.75 Å². The molecular weight excluding hydrogens is 233 g/mol. The highest BCUT2D eigenvalue weighted by atomic mass is 19.1. The van der Waals surface area contributed by atoms with Gasteiger partial charge in [0.25, 0.3) is 0 Å². The van der Waals surface area contributed by atoms with Crippen LogP contribution in [0.5, 0.6) is 5.75 Å². The van der Waals surface area contributed by atoms with Crippen molar-refractivity contribution in [1.82, 2.24) is 5.43 Å². The number of rotatable bonds is 4. The highest BCUT2D eigenvalue weighted by Crippen LogP contribution is 2.15. The molecule has 5 heteroatoms. The fourth-order valence-corrected chi connectivity index (χ4v) is 1.23. The fraction of sp³-hybridized carbons (Fsp3) is 0.308. The molecule has 4 nitrogen and oxygen atoms in total. The monoisotopic (exact) mass is 251 g/mol. The van der Waals surface area contributed by atoms with Crippen molar-refractivity contribution in [3.05, 3.63) is 42.0 Å². The molecular formula is C13H18FN3O. The van der Waals surface area contributed by atoms with Crippen LogP contribution in [0.2, 0.25) is 0 Å². The molecule has 0 aliphatic heterocycles. The molecule has 18 heavy (non-hydrogen) atoms. The van der Waals surface area contributed by atoms with Crippen molar-refractivity contribution >= 4 is 5.90 Å². The number of nitrogens with two attached hydrogens (primary N) is 1. The minimum absolute atomic E-state index is 0.152. The van der Waals surface area contributed by atoms with Crippen molar-refractivity contribution in [3.63, 3.8) is 0 Å². The molecule has 3 N–H and O–H groups in total. The number of aliphatic imine (C=N–C) groups is 1. The van der Waals surface area contributed by atoms with Gasteiger partial charge < -0.3 is 10.2 Å². The molecule has 0 amide bonds. The molecule has 0 aromatic heterocycles. The zero-order valence-corrected chi connectivity index (χ0v) is 10.8. The van der Waals surface area contributed by atoms with Gasteiger partial charge in [-0.15, -0.1) is 0 Å². The predicted molar refractivity (Wildman–Crippen MR) is 70.4 cm³/mol. The first-order valence-electron chi connectivity index (χ1n) is 5.68. The van der Waals surface area contributed by atoms with Gasteiger partial charge in [-0.1, -0.05) is 26.0 Å². The molecule has 0 fully saturated rings. The van der Waals surface area contributed by atoms with Gasteiger partial charge in [-0.25, -0.2) is 9.38 Å². The van der Waals surface area contributed by atoms with E-state index in [9.17, 15) is 4.39 Å². The lowest BCUT2D eigenvalue weighted by Crippen LogP contribution is -2.24. The Bertz CT molecular complexity index is 455. The summed E-state index contributed by atoms with van der Waals surface area (Å²) < 4.78 is 18.6. The highest BCUT2D eigenvalue weighted by molar-refractivity contribution is 5.76. The lowest BCUT2D eigenvalue weighted by atomic mass is 10.1. The average Bonchev–Trinajstić information content (AvgIpc) is 2.32. The Kier molecular flexibility index (Phi) is 5.32. The van der Waals surface area contributed by atoms with Gasteiger partial charge in [0.2, 0.25) is 0 Å². The second-order valence-electron chi connectivity index (χ2n) is 4.06. The quantitative estimate of drug-likeness (QED) is 0.374. The van der Waals surface area contributed by atoms with Crippen LogP contribution < -0.4 is 16.0 Å². The molecule has 0 spiro atoms. The minimum atomic E-state index is -0.419. The predicted octanol–water partition coefficient (Wildman–Crippen LogP) is 2.58. The van der Waals surface area contributed by atoms with Crippen LogP contribution in [0.4, 0.5) is 4.39 Å². The van der Waals surface area contributed by atoms with Crippen LogP contribution in [0.3, 0.4) is 0 Å². The Morgan fingerprint density at radius 2 is 2.11 bits per heavy atom. The Morgan fingerprint density at radius 3 is 2.67 bits per heavy atom. The van der Waals surface area contributed by atoms with Crippen LogP contribution in [0.25, 0.3) is 0 Å². The third kappa shape index (κ3) is 4.18. The van der Waals surface area contributed by atoms with Crippen LogP contribution in [-0.4, -0.2) is 5.90 Å². The average molecular weight is 251 g/mol. The molecule has 0 unspecified atom stereocenters. The van der Waals surface area contributed by atoms with Gasteiger partial charge in [-0.3, -0.25) is 5.84 Å². The number of hydrazine groups is 1. The van der Waals surface area contributed by atoms with Crippen LogP contribution in [0, 0.1) is 11.7 Å². The minimum Gasteiger partial charge on any atom is -0.440 e. The Labute approximate surface area is 106 Å². The summed E-state index contributed by atoms with van der Waals surface area (Å²) in [7, 11) is 0. The van der Waals surface area contributed by atoms with Crippen molar-refractivity contribution in [2.24, 2.45) is 16.8 Å². The summed E-state index contributed by atoms with van der Waals surface area (Å²) in [5.74, 6) is 5.64. The molecule has 0 bridgehead atoms. The number of halogens is 1. The van der Waals surface area contributed by atoms with Crippen molar-refractivity contribution in [2.45, 2.75) is 20.8 Å². The molecule has 0 radical (unpaired) electrons. The highest BCUT2D eigenvalue weighted by Gasteiger charge is 2.03. The smallest absolute Gasteiger partial charge is 0.191 e. The summed E-state index contributed by atoms with van der Waals surface area (Å²) >= 11 is 0. The van der Waals surface area contributed by atoms with Gasteiger partial charge in [0.15, 0.2) is 17.5 Å². The molecule has 98 valence electrons. The van der Waals surface area contributed by atoms with Crippen molar-refractivity contribution in [1.29, 1.82) is 0 Å². The fourth-order valence-electron chi connectivity index (χ4n) is 1.23. The number of benzene rings is 1. The number of allylic oxidation sites excluding steroid dienone is 1. The van der Waals surface area contributed by atoms with E-state index in [4.69, 9.17) is 10.6 Å². The van der Waals surface area contributed by atoms with Crippen LogP contribution in [-0.2, 0) is 0 Å². The molecule has 1 aromatic carbocycles. The third-order valence-electron chi connectivity index (χ3n) is 2.27. The topological polar surface area (TPSA) is 59.6 Å². The number of para-hydroxylation sites is 1. The second-order valence-corrected chi connectivity index (χ2v) is 4.06. The molecule has 1 rings (SSSR count). The molecule has 0 atom stereocenters. The molecule has 0 heterocycles. The Morgan fingerprint density at radius 1 is 1.44 bits per heavy atom. The van der Waals surface area contributed by atoms with Gasteiger partial charge in [0.1, 0.15) is 0 Å². The van der Waals surface area contributed by atoms with E-state index in [1.807, 2.05) is 13.8 Å². The summed E-state index contributed by atoms with van der Waals surface area (Å²) in [4.78, 5) is 4.08. The summed E-state index contributed by atoms with van der Waals surface area (Å²) in [5, 5.41) is 0. The summed E-state index contributed by atoms with van der Waals surface area (Å²) in [6, 6.07) is 6.17. The van der Waals surface area contributed by atoms with Gasteiger partial charge in [-0.2, -0.15) is 0 Å². The van der Waals surface area contributed by atoms with Gasteiger partial charge >= 0.3 is 0 Å². The zero-order valence-electron chi connectivity index (χ0n) is 10.8. The van der Waals surface area contributed by atoms with E-state index in [0.717, 1.165) is 5.70 Å². The van der Waals surface area contributed by atoms with Crippen LogP contribution in [0.1, 0.15) is 20.8 Å². The number of hydrogen-bond acceptors (Lipinski definition) is 4. The maximum absolute atomic E-state index is 13.3. The molecule has 0 saturated heterocycles. The number of nitrogens with zero attached hydrogens (tertiary/aromatic N) is 1. The van der Waals surface area contributed by atoms with Gasteiger partial charge in [0, 0.05) is 12.6 Å². The maximum atomic E-state index is 13.3. The number of hydrogen-bond donors (Lipinski definition) is 2. The molecule has 0 saturated carbocycles. The van der Waals surface area contributed by atoms with E-state index in [1.165, 1.54) is 6.07 Å². The summed E-state index contributed by atoms with van der Waals surface area (Å²) in [6.07, 6.45) is 1.57. The van der Waals surface area contributed by atoms with E-state index >= 15 is 0 Å². The Hall–Kier alpha value is -1.88. The first-order valence-corrected chi connectivity index (χ1v) is 5.68. The second kappa shape index (κ2) is 6.76. The first-order chi connectivity index (χ1) is 8.54. The van der Waals surface area contributed by atoms with Crippen LogP contribution >= 0.6 is 0 Å². The number of ether oxygens (including phenoxy) is 1. The van der Waals surface area contributed by atoms with E-state index in [2.05, 4.69) is 10.4 Å². The van der Waals surface area contributed by atoms with Gasteiger partial charge in [-0.05, 0) is 18.1 Å². The summed E-state index contributed by atoms with van der Waals surface area (Å²) in [6.45, 7) is 5.61. The molecule has 1 aromatic rings. The summed E-state index contributed by atoms with van der Waals surface area (Å²) in [5.41, 5.74) is 3.33. The standard InChI is InChI=1S/C13H18FN3O/c1-9(2)12(17-15)8-16-10(3)18-13-7-5-4-6-11(13)14/h4-9,17H,15H2,1-3H3/b12-8+,16-10+. The molecule has 0 aliphatic carbocycles. The van der Waals surface area contributed by atoms with Crippen molar-refractivity contribution in [2.75, 3.05) is 0 Å². The first kappa shape index (κ1) is 14.2. The number of nitrogens with one attached hydrogen (secondary N) is 1. The van der Waals surface area contributed by atoms with E-state index in [0.29, 0.717) is 5.90 Å².